The number of aromatic nitrogens is 1. The van der Waals surface area contributed by atoms with Gasteiger partial charge in [-0.15, -0.1) is 22.7 Å². The van der Waals surface area contributed by atoms with Gasteiger partial charge in [0, 0.05) is 68.7 Å². The largest absolute Gasteiger partial charge is 0.344 e. The summed E-state index contributed by atoms with van der Waals surface area (Å²) in [5.41, 5.74) is 9.36. The molecule has 3 aromatic heterocycles. The second-order valence-corrected chi connectivity index (χ2v) is 16.6. The fourth-order valence-electron chi connectivity index (χ4n) is 8.65. The third-order valence-electron chi connectivity index (χ3n) is 11.3. The minimum Gasteiger partial charge on any atom is -0.344 e. The number of aliphatic imine (C=N–C) groups is 2. The molecule has 1 N–H and O–H groups in total. The SMILES string of the molecule is c1ccc(C2=NC(c3ccc4c(c3)sc3c(-c5cccc6c5sc5c(-n7c8ccccc8c8ccccc87)cccc56)cccc34)=NC(c3ccccc3)N2)cc1. The van der Waals surface area contributed by atoms with Crippen LogP contribution in [0.2, 0.25) is 0 Å². The molecule has 4 nitrogen and oxygen atoms in total. The summed E-state index contributed by atoms with van der Waals surface area (Å²) in [7, 11) is 0. The Kier molecular flexibility index (Phi) is 7.30. The highest BCUT2D eigenvalue weighted by molar-refractivity contribution is 7.27. The van der Waals surface area contributed by atoms with Gasteiger partial charge in [-0.05, 0) is 29.8 Å². The Morgan fingerprint density at radius 1 is 0.456 bits per heavy atom. The first-order valence-electron chi connectivity index (χ1n) is 19.2. The number of rotatable bonds is 5. The molecule has 1 aliphatic heterocycles. The van der Waals surface area contributed by atoms with E-state index in [4.69, 9.17) is 9.98 Å². The van der Waals surface area contributed by atoms with Gasteiger partial charge in [-0.2, -0.15) is 0 Å². The van der Waals surface area contributed by atoms with Crippen LogP contribution in [-0.2, 0) is 0 Å². The van der Waals surface area contributed by atoms with Crippen molar-refractivity contribution in [3.05, 3.63) is 199 Å². The molecule has 1 aliphatic rings. The molecular formula is C51H32N4S2. The van der Waals surface area contributed by atoms with Gasteiger partial charge in [-0.3, -0.25) is 0 Å². The van der Waals surface area contributed by atoms with Crippen molar-refractivity contribution >= 4 is 96.5 Å². The van der Waals surface area contributed by atoms with Crippen LogP contribution in [0.25, 0.3) is 79.0 Å². The zero-order chi connectivity index (χ0) is 37.5. The van der Waals surface area contributed by atoms with E-state index in [2.05, 4.69) is 168 Å². The molecule has 0 spiro atoms. The number of hydrogen-bond acceptors (Lipinski definition) is 5. The minimum atomic E-state index is -0.240. The average Bonchev–Trinajstić information content (AvgIpc) is 3.96. The summed E-state index contributed by atoms with van der Waals surface area (Å²) in [6.07, 6.45) is -0.240. The molecule has 0 amide bonds. The van der Waals surface area contributed by atoms with Crippen molar-refractivity contribution in [2.45, 2.75) is 6.17 Å². The lowest BCUT2D eigenvalue weighted by atomic mass is 10.00. The normalized spacial score (nSPS) is 14.5. The number of amidine groups is 2. The van der Waals surface area contributed by atoms with E-state index in [1.165, 1.54) is 79.0 Å². The lowest BCUT2D eigenvalue weighted by Gasteiger charge is -2.23. The molecule has 11 aromatic rings. The maximum atomic E-state index is 5.16. The molecule has 1 atom stereocenters. The van der Waals surface area contributed by atoms with Crippen LogP contribution in [0.3, 0.4) is 0 Å². The first kappa shape index (κ1) is 32.4. The molecule has 0 bridgehead atoms. The van der Waals surface area contributed by atoms with Crippen LogP contribution in [0.1, 0.15) is 22.9 Å². The number of nitrogens with zero attached hydrogens (tertiary/aromatic N) is 3. The van der Waals surface area contributed by atoms with Gasteiger partial charge in [0.2, 0.25) is 0 Å². The summed E-state index contributed by atoms with van der Waals surface area (Å²) >= 11 is 3.76. The van der Waals surface area contributed by atoms with Crippen molar-refractivity contribution < 1.29 is 0 Å². The van der Waals surface area contributed by atoms with E-state index in [1.807, 2.05) is 46.9 Å². The van der Waals surface area contributed by atoms with E-state index in [0.717, 1.165) is 28.4 Å². The van der Waals surface area contributed by atoms with Crippen molar-refractivity contribution in [2.75, 3.05) is 0 Å². The fourth-order valence-corrected chi connectivity index (χ4v) is 11.3. The zero-order valence-electron chi connectivity index (χ0n) is 30.6. The molecule has 12 rings (SSSR count). The number of benzene rings is 8. The van der Waals surface area contributed by atoms with Crippen molar-refractivity contribution in [1.29, 1.82) is 0 Å². The molecule has 0 saturated heterocycles. The number of para-hydroxylation sites is 2. The Hall–Kier alpha value is -6.86. The van der Waals surface area contributed by atoms with Crippen molar-refractivity contribution in [3.63, 3.8) is 0 Å². The first-order chi connectivity index (χ1) is 28.3. The van der Waals surface area contributed by atoms with Gasteiger partial charge >= 0.3 is 0 Å². The summed E-state index contributed by atoms with van der Waals surface area (Å²) in [5.74, 6) is 1.56. The van der Waals surface area contributed by atoms with E-state index in [1.54, 1.807) is 0 Å². The Labute approximate surface area is 336 Å². The Bertz CT molecular complexity index is 3390. The molecular weight excluding hydrogens is 733 g/mol. The quantitative estimate of drug-likeness (QED) is 0.186. The average molecular weight is 765 g/mol. The number of thiophene rings is 2. The van der Waals surface area contributed by atoms with E-state index in [-0.39, 0.29) is 6.17 Å². The van der Waals surface area contributed by atoms with Crippen LogP contribution in [0, 0.1) is 0 Å². The van der Waals surface area contributed by atoms with Crippen molar-refractivity contribution in [3.8, 4) is 16.8 Å². The van der Waals surface area contributed by atoms with Crippen LogP contribution in [0.15, 0.2) is 192 Å². The summed E-state index contributed by atoms with van der Waals surface area (Å²) < 4.78 is 7.58. The van der Waals surface area contributed by atoms with Crippen molar-refractivity contribution in [1.82, 2.24) is 9.88 Å². The first-order valence-corrected chi connectivity index (χ1v) is 20.8. The molecule has 0 radical (unpaired) electrons. The maximum absolute atomic E-state index is 5.16. The molecule has 0 fully saturated rings. The van der Waals surface area contributed by atoms with Gasteiger partial charge in [-0.25, -0.2) is 9.98 Å². The van der Waals surface area contributed by atoms with Gasteiger partial charge < -0.3 is 9.88 Å². The number of fused-ring (bicyclic) bond motifs is 9. The minimum absolute atomic E-state index is 0.240. The summed E-state index contributed by atoms with van der Waals surface area (Å²) in [6.45, 7) is 0. The smallest absolute Gasteiger partial charge is 0.159 e. The maximum Gasteiger partial charge on any atom is 0.159 e. The summed E-state index contributed by atoms with van der Waals surface area (Å²) in [6, 6.07) is 65.3. The predicted molar refractivity (Wildman–Crippen MR) is 244 cm³/mol. The van der Waals surface area contributed by atoms with Gasteiger partial charge in [-0.1, -0.05) is 158 Å². The predicted octanol–water partition coefficient (Wildman–Crippen LogP) is 13.7. The Balaban J connectivity index is 1.01. The molecule has 0 aliphatic carbocycles. The number of nitrogens with one attached hydrogen (secondary N) is 1. The molecule has 268 valence electrons. The highest BCUT2D eigenvalue weighted by atomic mass is 32.1. The second-order valence-electron chi connectivity index (χ2n) is 14.5. The van der Waals surface area contributed by atoms with Gasteiger partial charge in [0.15, 0.2) is 5.84 Å². The van der Waals surface area contributed by atoms with E-state index in [9.17, 15) is 0 Å². The zero-order valence-corrected chi connectivity index (χ0v) is 32.2. The third kappa shape index (κ3) is 5.11. The van der Waals surface area contributed by atoms with Gasteiger partial charge in [0.1, 0.15) is 12.0 Å². The van der Waals surface area contributed by atoms with Crippen LogP contribution in [0.4, 0.5) is 0 Å². The highest BCUT2D eigenvalue weighted by Crippen LogP contribution is 2.47. The van der Waals surface area contributed by atoms with E-state index in [0.29, 0.717) is 0 Å². The molecule has 57 heavy (non-hydrogen) atoms. The molecule has 8 aromatic carbocycles. The number of hydrogen-bond donors (Lipinski definition) is 1. The second kappa shape index (κ2) is 12.8. The van der Waals surface area contributed by atoms with E-state index >= 15 is 0 Å². The monoisotopic (exact) mass is 764 g/mol. The molecule has 4 heterocycles. The highest BCUT2D eigenvalue weighted by Gasteiger charge is 2.23. The van der Waals surface area contributed by atoms with E-state index < -0.39 is 0 Å². The standard InChI is InChI=1S/C51H32N4S2/c1-3-14-31(15-4-1)49-52-50(32-16-5-2-6-17-32)54-51(53-49)33-28-29-36-37-20-11-21-38(46(37)56-45(36)30-33)39-22-12-23-40-41-24-13-27-44(48(41)57-47(39)40)55-42-25-9-7-18-34(42)35-19-8-10-26-43(35)55/h1-30,49H,(H,52,53,54). The topological polar surface area (TPSA) is 41.7 Å². The summed E-state index contributed by atoms with van der Waals surface area (Å²) in [4.78, 5) is 10.3. The molecule has 1 unspecified atom stereocenters. The third-order valence-corrected chi connectivity index (χ3v) is 13.8. The molecule has 0 saturated carbocycles. The summed E-state index contributed by atoms with van der Waals surface area (Å²) in [5, 5.41) is 11.2. The van der Waals surface area contributed by atoms with Crippen LogP contribution in [-0.4, -0.2) is 16.2 Å². The Morgan fingerprint density at radius 2 is 1.04 bits per heavy atom. The van der Waals surface area contributed by atoms with Crippen LogP contribution < -0.4 is 5.32 Å². The van der Waals surface area contributed by atoms with Gasteiger partial charge in [0.25, 0.3) is 0 Å². The Morgan fingerprint density at radius 3 is 1.75 bits per heavy atom. The fraction of sp³-hybridized carbons (Fsp3) is 0.0196. The van der Waals surface area contributed by atoms with Crippen LogP contribution in [0.5, 0.6) is 0 Å². The molecule has 6 heteroatoms. The lowest BCUT2D eigenvalue weighted by molar-refractivity contribution is 0.674. The van der Waals surface area contributed by atoms with Gasteiger partial charge in [0.05, 0.1) is 21.4 Å². The van der Waals surface area contributed by atoms with Crippen LogP contribution >= 0.6 is 22.7 Å². The lowest BCUT2D eigenvalue weighted by Crippen LogP contribution is -2.33. The van der Waals surface area contributed by atoms with Crippen molar-refractivity contribution in [2.24, 2.45) is 9.98 Å².